The lowest BCUT2D eigenvalue weighted by molar-refractivity contribution is -0.201. The minimum atomic E-state index is -2.98. The van der Waals surface area contributed by atoms with E-state index in [4.69, 9.17) is 4.74 Å². The minimum Gasteiger partial charge on any atom is -0.508 e. The van der Waals surface area contributed by atoms with Crippen molar-refractivity contribution in [3.63, 3.8) is 0 Å². The quantitative estimate of drug-likeness (QED) is 0.187. The van der Waals surface area contributed by atoms with Crippen LogP contribution in [0.4, 0.5) is 0 Å². The summed E-state index contributed by atoms with van der Waals surface area (Å²) in [6.07, 6.45) is -2.20. The fraction of sp³-hybridized carbons (Fsp3) is 0.278. The standard InChI is InChI=1S/C18H18O10/c19-10-4-1-9(2-5-10)3-6-12(20)15-13(21)7-11(8-14(15)22)27-17(16(23)24)18(25,26)28-17/h1-2,4-5,7-8,16,19,21-26H,3,6H2. The van der Waals surface area contributed by atoms with Gasteiger partial charge < -0.3 is 40.5 Å². The van der Waals surface area contributed by atoms with E-state index in [1.807, 2.05) is 0 Å². The van der Waals surface area contributed by atoms with E-state index in [0.29, 0.717) is 6.42 Å². The number of ketones is 1. The normalized spacial score (nSPS) is 20.2. The molecule has 0 amide bonds. The number of aliphatic hydroxyl groups excluding tert-OH is 1. The number of phenols is 3. The number of aliphatic hydroxyl groups is 4. The SMILES string of the molecule is O=C(CCc1ccc(O)cc1)c1c(O)cc(OC2(C(O)O)OC2(O)O)cc1O. The Balaban J connectivity index is 1.74. The Morgan fingerprint density at radius 3 is 2.04 bits per heavy atom. The molecular formula is C18H18O10. The van der Waals surface area contributed by atoms with Gasteiger partial charge in [0.15, 0.2) is 5.78 Å². The predicted molar refractivity (Wildman–Crippen MR) is 90.4 cm³/mol. The fourth-order valence-electron chi connectivity index (χ4n) is 2.70. The molecule has 10 heteroatoms. The zero-order valence-electron chi connectivity index (χ0n) is 14.3. The molecule has 0 radical (unpaired) electrons. The number of ether oxygens (including phenoxy) is 2. The van der Waals surface area contributed by atoms with Crippen LogP contribution in [0.15, 0.2) is 36.4 Å². The Morgan fingerprint density at radius 1 is 1.04 bits per heavy atom. The molecule has 0 saturated carbocycles. The summed E-state index contributed by atoms with van der Waals surface area (Å²) in [5.74, 6) is -7.80. The summed E-state index contributed by atoms with van der Waals surface area (Å²) >= 11 is 0. The molecule has 1 aliphatic rings. The summed E-state index contributed by atoms with van der Waals surface area (Å²) in [6, 6.07) is 7.96. The minimum absolute atomic E-state index is 0.0507. The van der Waals surface area contributed by atoms with Gasteiger partial charge in [-0.2, -0.15) is 0 Å². The van der Waals surface area contributed by atoms with Crippen LogP contribution in [0.1, 0.15) is 22.3 Å². The van der Waals surface area contributed by atoms with Gasteiger partial charge in [0, 0.05) is 18.6 Å². The van der Waals surface area contributed by atoms with Crippen molar-refractivity contribution in [1.82, 2.24) is 0 Å². The van der Waals surface area contributed by atoms with Crippen molar-refractivity contribution in [3.05, 3.63) is 47.5 Å². The third-order valence-corrected chi connectivity index (χ3v) is 4.24. The Kier molecular flexibility index (Phi) is 4.91. The largest absolute Gasteiger partial charge is 0.508 e. The lowest BCUT2D eigenvalue weighted by atomic mass is 10.0. The van der Waals surface area contributed by atoms with Crippen molar-refractivity contribution in [2.75, 3.05) is 0 Å². The highest BCUT2D eigenvalue weighted by atomic mass is 17.0. The van der Waals surface area contributed by atoms with Crippen LogP contribution in [0, 0.1) is 0 Å². The molecule has 1 atom stereocenters. The van der Waals surface area contributed by atoms with Crippen molar-refractivity contribution in [2.24, 2.45) is 0 Å². The van der Waals surface area contributed by atoms with Crippen molar-refractivity contribution < 1.29 is 50.0 Å². The first-order valence-corrected chi connectivity index (χ1v) is 8.13. The van der Waals surface area contributed by atoms with Crippen LogP contribution in [0.2, 0.25) is 0 Å². The molecule has 7 N–H and O–H groups in total. The summed E-state index contributed by atoms with van der Waals surface area (Å²) in [5, 5.41) is 66.5. The molecule has 0 aliphatic carbocycles. The van der Waals surface area contributed by atoms with E-state index >= 15 is 0 Å². The van der Waals surface area contributed by atoms with Crippen LogP contribution in [-0.4, -0.2) is 59.6 Å². The molecule has 150 valence electrons. The first-order chi connectivity index (χ1) is 13.1. The summed E-state index contributed by atoms with van der Waals surface area (Å²) in [7, 11) is 0. The van der Waals surface area contributed by atoms with Crippen LogP contribution < -0.4 is 4.74 Å². The lowest BCUT2D eigenvalue weighted by Crippen LogP contribution is -2.42. The third kappa shape index (κ3) is 3.59. The van der Waals surface area contributed by atoms with E-state index in [9.17, 15) is 40.5 Å². The van der Waals surface area contributed by atoms with Crippen molar-refractivity contribution in [1.29, 1.82) is 0 Å². The average Bonchev–Trinajstić information content (AvgIpc) is 3.15. The zero-order chi connectivity index (χ0) is 20.7. The molecule has 0 aromatic heterocycles. The molecule has 3 rings (SSSR count). The Labute approximate surface area is 158 Å². The van der Waals surface area contributed by atoms with Crippen LogP contribution in [0.3, 0.4) is 0 Å². The topological polar surface area (TPSA) is 180 Å². The summed E-state index contributed by atoms with van der Waals surface area (Å²) in [6.45, 7) is 0. The Hall–Kier alpha value is -2.89. The molecule has 10 nitrogen and oxygen atoms in total. The summed E-state index contributed by atoms with van der Waals surface area (Å²) in [5.41, 5.74) is 0.387. The van der Waals surface area contributed by atoms with E-state index in [0.717, 1.165) is 17.7 Å². The lowest BCUT2D eigenvalue weighted by Gasteiger charge is -2.18. The van der Waals surface area contributed by atoms with Crippen LogP contribution in [0.25, 0.3) is 0 Å². The van der Waals surface area contributed by atoms with Crippen LogP contribution >= 0.6 is 0 Å². The summed E-state index contributed by atoms with van der Waals surface area (Å²) in [4.78, 5) is 12.4. The van der Waals surface area contributed by atoms with Gasteiger partial charge in [0.25, 0.3) is 0 Å². The zero-order valence-corrected chi connectivity index (χ0v) is 14.3. The molecule has 1 unspecified atom stereocenters. The molecule has 1 fully saturated rings. The van der Waals surface area contributed by atoms with E-state index in [1.54, 1.807) is 12.1 Å². The number of hydrogen-bond acceptors (Lipinski definition) is 10. The number of epoxide rings is 1. The van der Waals surface area contributed by atoms with Gasteiger partial charge in [0.05, 0.1) is 0 Å². The Morgan fingerprint density at radius 2 is 1.57 bits per heavy atom. The van der Waals surface area contributed by atoms with Gasteiger partial charge in [-0.1, -0.05) is 12.1 Å². The third-order valence-electron chi connectivity index (χ3n) is 4.24. The van der Waals surface area contributed by atoms with E-state index in [1.165, 1.54) is 12.1 Å². The first-order valence-electron chi connectivity index (χ1n) is 8.13. The maximum atomic E-state index is 12.4. The van der Waals surface area contributed by atoms with Crippen LogP contribution in [-0.2, 0) is 11.2 Å². The van der Waals surface area contributed by atoms with Gasteiger partial charge >= 0.3 is 11.8 Å². The van der Waals surface area contributed by atoms with Gasteiger partial charge in [-0.3, -0.25) is 9.53 Å². The number of phenolic OH excluding ortho intramolecular Hbond substituents is 3. The van der Waals surface area contributed by atoms with Crippen molar-refractivity contribution in [2.45, 2.75) is 30.9 Å². The molecule has 2 aromatic carbocycles. The smallest absolute Gasteiger partial charge is 0.357 e. The van der Waals surface area contributed by atoms with Gasteiger partial charge in [-0.15, -0.1) is 0 Å². The number of carbonyl (C=O) groups is 1. The number of rotatable bonds is 7. The predicted octanol–water partition coefficient (Wildman–Crippen LogP) is -0.327. The molecule has 1 saturated heterocycles. The van der Waals surface area contributed by atoms with Gasteiger partial charge in [0.2, 0.25) is 6.29 Å². The van der Waals surface area contributed by atoms with Gasteiger partial charge in [-0.25, -0.2) is 0 Å². The van der Waals surface area contributed by atoms with Crippen LogP contribution in [0.5, 0.6) is 23.0 Å². The fourth-order valence-corrected chi connectivity index (χ4v) is 2.70. The number of aryl methyl sites for hydroxylation is 1. The van der Waals surface area contributed by atoms with Gasteiger partial charge in [0.1, 0.15) is 28.6 Å². The molecular weight excluding hydrogens is 376 g/mol. The molecule has 28 heavy (non-hydrogen) atoms. The number of carbonyl (C=O) groups excluding carboxylic acids is 1. The number of benzene rings is 2. The maximum absolute atomic E-state index is 12.4. The average molecular weight is 394 g/mol. The molecule has 2 aromatic rings. The number of aromatic hydroxyl groups is 3. The summed E-state index contributed by atoms with van der Waals surface area (Å²) < 4.78 is 9.30. The second kappa shape index (κ2) is 6.93. The number of Topliss-reactive ketones (excluding diaryl/α,β-unsaturated/α-hetero) is 1. The van der Waals surface area contributed by atoms with Crippen molar-refractivity contribution >= 4 is 5.78 Å². The monoisotopic (exact) mass is 394 g/mol. The number of hydrogen-bond donors (Lipinski definition) is 7. The Bertz CT molecular complexity index is 867. The second-order valence-electron chi connectivity index (χ2n) is 6.28. The molecule has 0 bridgehead atoms. The molecule has 1 heterocycles. The highest BCUT2D eigenvalue weighted by molar-refractivity contribution is 6.01. The van der Waals surface area contributed by atoms with E-state index in [-0.39, 0.29) is 17.7 Å². The molecule has 0 spiro atoms. The highest BCUT2D eigenvalue weighted by Gasteiger charge is 2.78. The van der Waals surface area contributed by atoms with Crippen molar-refractivity contribution in [3.8, 4) is 23.0 Å². The van der Waals surface area contributed by atoms with E-state index < -0.39 is 41.1 Å². The maximum Gasteiger partial charge on any atom is 0.357 e. The van der Waals surface area contributed by atoms with E-state index in [2.05, 4.69) is 4.74 Å². The first kappa shape index (κ1) is 19.9. The second-order valence-corrected chi connectivity index (χ2v) is 6.28. The molecule has 1 aliphatic heterocycles. The van der Waals surface area contributed by atoms with Gasteiger partial charge in [-0.05, 0) is 24.1 Å². The highest BCUT2D eigenvalue weighted by Crippen LogP contribution is 2.48.